The fourth-order valence-electron chi connectivity index (χ4n) is 2.87. The second-order valence-corrected chi connectivity index (χ2v) is 6.84. The van der Waals surface area contributed by atoms with Gasteiger partial charge in [0.25, 0.3) is 5.91 Å². The van der Waals surface area contributed by atoms with E-state index in [2.05, 4.69) is 15.3 Å². The lowest BCUT2D eigenvalue weighted by molar-refractivity contribution is 0.0888. The number of carbonyl (C=O) groups is 1. The Hall–Kier alpha value is -2.36. The number of amides is 1. The molecule has 1 heterocycles. The minimum atomic E-state index is -0.252. The van der Waals surface area contributed by atoms with Crippen molar-refractivity contribution in [3.8, 4) is 11.8 Å². The fraction of sp³-hybridized carbons (Fsp3) is 0.333. The molecule has 1 amide bonds. The summed E-state index contributed by atoms with van der Waals surface area (Å²) in [7, 11) is 0. The smallest absolute Gasteiger partial charge is 0.271 e. The van der Waals surface area contributed by atoms with E-state index in [4.69, 9.17) is 33.2 Å². The lowest BCUT2D eigenvalue weighted by Crippen LogP contribution is -2.40. The highest BCUT2D eigenvalue weighted by atomic mass is 35.5. The average Bonchev–Trinajstić information content (AvgIpc) is 2.64. The molecule has 1 aromatic heterocycles. The van der Waals surface area contributed by atoms with Crippen molar-refractivity contribution < 1.29 is 9.53 Å². The second kappa shape index (κ2) is 8.35. The summed E-state index contributed by atoms with van der Waals surface area (Å²) in [6.07, 6.45) is 6.01. The number of hydrogen-bond acceptors (Lipinski definition) is 5. The monoisotopic (exact) mass is 390 g/mol. The van der Waals surface area contributed by atoms with E-state index in [0.717, 1.165) is 25.7 Å². The largest absolute Gasteiger partial charge is 0.490 e. The topological polar surface area (TPSA) is 87.9 Å². The van der Waals surface area contributed by atoms with Gasteiger partial charge in [0, 0.05) is 12.1 Å². The van der Waals surface area contributed by atoms with Gasteiger partial charge in [-0.25, -0.2) is 9.97 Å². The van der Waals surface area contributed by atoms with Gasteiger partial charge in [0.15, 0.2) is 0 Å². The highest BCUT2D eigenvalue weighted by Gasteiger charge is 2.24. The number of carbonyl (C=O) groups excluding carboxylic acids is 1. The normalized spacial score (nSPS) is 19.4. The van der Waals surface area contributed by atoms with E-state index >= 15 is 0 Å². The minimum Gasteiger partial charge on any atom is -0.490 e. The molecular formula is C18H16Cl2N4O2. The maximum atomic E-state index is 12.2. The first-order valence-corrected chi connectivity index (χ1v) is 8.95. The predicted octanol–water partition coefficient (Wildman–Crippen LogP) is 3.78. The van der Waals surface area contributed by atoms with Crippen molar-refractivity contribution in [1.82, 2.24) is 15.3 Å². The number of ether oxygens (including phenoxy) is 1. The molecule has 1 aliphatic rings. The van der Waals surface area contributed by atoms with Crippen LogP contribution in [0.15, 0.2) is 30.6 Å². The number of nitriles is 1. The van der Waals surface area contributed by atoms with Gasteiger partial charge in [0.1, 0.15) is 22.7 Å². The summed E-state index contributed by atoms with van der Waals surface area (Å²) in [6, 6.07) is 7.15. The maximum Gasteiger partial charge on any atom is 0.271 e. The molecule has 0 bridgehead atoms. The number of nitrogens with one attached hydrogen (secondary N) is 1. The van der Waals surface area contributed by atoms with Crippen LogP contribution in [0.25, 0.3) is 0 Å². The third-order valence-corrected chi connectivity index (χ3v) is 4.73. The van der Waals surface area contributed by atoms with E-state index < -0.39 is 0 Å². The zero-order chi connectivity index (χ0) is 18.5. The van der Waals surface area contributed by atoms with Crippen LogP contribution in [0.2, 0.25) is 10.2 Å². The van der Waals surface area contributed by atoms with E-state index in [-0.39, 0.29) is 28.9 Å². The number of halogens is 2. The molecule has 0 aliphatic heterocycles. The van der Waals surface area contributed by atoms with Gasteiger partial charge in [0.2, 0.25) is 0 Å². The molecule has 0 radical (unpaired) electrons. The molecule has 1 aromatic carbocycles. The predicted molar refractivity (Wildman–Crippen MR) is 97.3 cm³/mol. The Kier molecular flexibility index (Phi) is 5.92. The lowest BCUT2D eigenvalue weighted by Gasteiger charge is -2.29. The summed E-state index contributed by atoms with van der Waals surface area (Å²) in [5.74, 6) is 0.398. The number of nitrogens with zero attached hydrogens (tertiary/aromatic N) is 3. The fourth-order valence-corrected chi connectivity index (χ4v) is 3.18. The summed E-state index contributed by atoms with van der Waals surface area (Å²) in [5.41, 5.74) is 0.677. The molecule has 1 N–H and O–H groups in total. The van der Waals surface area contributed by atoms with Gasteiger partial charge >= 0.3 is 0 Å². The molecule has 26 heavy (non-hydrogen) atoms. The Bertz CT molecular complexity index is 828. The molecule has 134 valence electrons. The van der Waals surface area contributed by atoms with Gasteiger partial charge in [-0.3, -0.25) is 4.79 Å². The van der Waals surface area contributed by atoms with Crippen LogP contribution in [0.1, 0.15) is 41.7 Å². The van der Waals surface area contributed by atoms with Gasteiger partial charge in [-0.15, -0.1) is 0 Å². The molecule has 1 fully saturated rings. The number of aromatic nitrogens is 2. The molecule has 1 saturated carbocycles. The van der Waals surface area contributed by atoms with Crippen LogP contribution >= 0.6 is 23.2 Å². The van der Waals surface area contributed by atoms with Crippen molar-refractivity contribution >= 4 is 29.1 Å². The van der Waals surface area contributed by atoms with Crippen LogP contribution in [-0.4, -0.2) is 28.0 Å². The zero-order valence-electron chi connectivity index (χ0n) is 13.8. The van der Waals surface area contributed by atoms with E-state index in [1.165, 1.54) is 12.4 Å². The van der Waals surface area contributed by atoms with Crippen LogP contribution in [0.3, 0.4) is 0 Å². The molecule has 0 spiro atoms. The Labute approximate surface area is 161 Å². The van der Waals surface area contributed by atoms with E-state index in [0.29, 0.717) is 16.3 Å². The van der Waals surface area contributed by atoms with Gasteiger partial charge in [-0.1, -0.05) is 23.2 Å². The van der Waals surface area contributed by atoms with Gasteiger partial charge in [-0.2, -0.15) is 5.26 Å². The number of benzene rings is 1. The van der Waals surface area contributed by atoms with Crippen molar-refractivity contribution in [2.75, 3.05) is 0 Å². The minimum absolute atomic E-state index is 0.0578. The summed E-state index contributed by atoms with van der Waals surface area (Å²) >= 11 is 11.7. The molecule has 2 aromatic rings. The Morgan fingerprint density at radius 1 is 1.19 bits per heavy atom. The van der Waals surface area contributed by atoms with Crippen LogP contribution in [0.5, 0.6) is 5.75 Å². The van der Waals surface area contributed by atoms with Gasteiger partial charge in [-0.05, 0) is 37.8 Å². The molecule has 0 atom stereocenters. The molecule has 1 aliphatic carbocycles. The third-order valence-electron chi connectivity index (χ3n) is 4.23. The molecule has 6 nitrogen and oxygen atoms in total. The highest BCUT2D eigenvalue weighted by Crippen LogP contribution is 2.27. The quantitative estimate of drug-likeness (QED) is 0.857. The zero-order valence-corrected chi connectivity index (χ0v) is 15.3. The van der Waals surface area contributed by atoms with Crippen LogP contribution in [-0.2, 0) is 0 Å². The second-order valence-electron chi connectivity index (χ2n) is 6.04. The summed E-state index contributed by atoms with van der Waals surface area (Å²) in [5, 5.41) is 12.5. The Morgan fingerprint density at radius 3 is 2.58 bits per heavy atom. The highest BCUT2D eigenvalue weighted by molar-refractivity contribution is 6.31. The molecule has 8 heteroatoms. The van der Waals surface area contributed by atoms with Gasteiger partial charge in [0.05, 0.1) is 29.1 Å². The van der Waals surface area contributed by atoms with E-state index in [1.807, 2.05) is 6.07 Å². The SMILES string of the molecule is N#Cc1ccc(OC2CCC(NC(=O)c3cnc(Cl)cn3)CC2)cc1Cl. The first-order chi connectivity index (χ1) is 12.5. The summed E-state index contributed by atoms with van der Waals surface area (Å²) in [6.45, 7) is 0. The number of rotatable bonds is 4. The van der Waals surface area contributed by atoms with Crippen molar-refractivity contribution in [1.29, 1.82) is 5.26 Å². The Balaban J connectivity index is 1.49. The average molecular weight is 391 g/mol. The van der Waals surface area contributed by atoms with Crippen molar-refractivity contribution in [2.24, 2.45) is 0 Å². The molecule has 3 rings (SSSR count). The van der Waals surface area contributed by atoms with Crippen molar-refractivity contribution in [3.63, 3.8) is 0 Å². The van der Waals surface area contributed by atoms with E-state index in [9.17, 15) is 4.79 Å². The summed E-state index contributed by atoms with van der Waals surface area (Å²) < 4.78 is 5.94. The maximum absolute atomic E-state index is 12.2. The molecule has 0 unspecified atom stereocenters. The van der Waals surface area contributed by atoms with Crippen LogP contribution in [0, 0.1) is 11.3 Å². The number of hydrogen-bond donors (Lipinski definition) is 1. The van der Waals surface area contributed by atoms with Crippen LogP contribution < -0.4 is 10.1 Å². The van der Waals surface area contributed by atoms with Crippen molar-refractivity contribution in [3.05, 3.63) is 52.0 Å². The van der Waals surface area contributed by atoms with E-state index in [1.54, 1.807) is 18.2 Å². The Morgan fingerprint density at radius 2 is 1.96 bits per heavy atom. The first kappa shape index (κ1) is 18.4. The molecule has 0 saturated heterocycles. The van der Waals surface area contributed by atoms with Crippen LogP contribution in [0.4, 0.5) is 0 Å². The molecular weight excluding hydrogens is 375 g/mol. The first-order valence-electron chi connectivity index (χ1n) is 8.20. The lowest BCUT2D eigenvalue weighted by atomic mass is 9.93. The van der Waals surface area contributed by atoms with Gasteiger partial charge < -0.3 is 10.1 Å². The third kappa shape index (κ3) is 4.63. The summed E-state index contributed by atoms with van der Waals surface area (Å²) in [4.78, 5) is 20.0. The standard InChI is InChI=1S/C18H16Cl2N4O2/c19-15-7-14(4-1-11(15)8-21)26-13-5-2-12(3-6-13)24-18(25)16-9-23-17(20)10-22-16/h1,4,7,9-10,12-13H,2-3,5-6H2,(H,24,25). The van der Waals surface area contributed by atoms with Crippen molar-refractivity contribution in [2.45, 2.75) is 37.8 Å².